The average Bonchev–Trinajstić information content (AvgIpc) is 3.06. The van der Waals surface area contributed by atoms with Gasteiger partial charge in [0, 0.05) is 32.9 Å². The van der Waals surface area contributed by atoms with Gasteiger partial charge in [0.2, 0.25) is 6.79 Å². The predicted molar refractivity (Wildman–Crippen MR) is 92.4 cm³/mol. The molecule has 3 rings (SSSR count). The number of fused-ring (bicyclic) bond motifs is 1. The van der Waals surface area contributed by atoms with E-state index in [1.165, 1.54) is 0 Å². The molecule has 24 heavy (non-hydrogen) atoms. The lowest BCUT2D eigenvalue weighted by molar-refractivity contribution is 0.174. The highest BCUT2D eigenvalue weighted by Gasteiger charge is 2.13. The van der Waals surface area contributed by atoms with Crippen LogP contribution in [-0.2, 0) is 13.1 Å². The second-order valence-electron chi connectivity index (χ2n) is 5.78. The van der Waals surface area contributed by atoms with Crippen molar-refractivity contribution >= 4 is 11.7 Å². The Bertz CT molecular complexity index is 714. The molecule has 126 valence electrons. The lowest BCUT2D eigenvalue weighted by atomic mass is 10.2. The Balaban J connectivity index is 1.45. The molecule has 0 bridgehead atoms. The molecule has 0 aliphatic carbocycles. The lowest BCUT2D eigenvalue weighted by Crippen LogP contribution is -2.34. The van der Waals surface area contributed by atoms with Crippen LogP contribution in [-0.4, -0.2) is 26.9 Å². The van der Waals surface area contributed by atoms with Gasteiger partial charge < -0.3 is 25.0 Å². The van der Waals surface area contributed by atoms with E-state index in [0.717, 1.165) is 28.3 Å². The average molecular weight is 327 g/mol. The minimum Gasteiger partial charge on any atom is -0.454 e. The summed E-state index contributed by atoms with van der Waals surface area (Å²) in [7, 11) is 3.99. The van der Waals surface area contributed by atoms with E-state index < -0.39 is 0 Å². The molecule has 6 heteroatoms. The zero-order valence-electron chi connectivity index (χ0n) is 13.8. The molecule has 6 nitrogen and oxygen atoms in total. The van der Waals surface area contributed by atoms with E-state index in [-0.39, 0.29) is 12.8 Å². The predicted octanol–water partition coefficient (Wildman–Crippen LogP) is 2.48. The van der Waals surface area contributed by atoms with Crippen LogP contribution in [0.15, 0.2) is 42.5 Å². The highest BCUT2D eigenvalue weighted by molar-refractivity contribution is 5.73. The number of carbonyl (C=O) groups excluding carboxylic acids is 1. The third kappa shape index (κ3) is 3.90. The highest BCUT2D eigenvalue weighted by Crippen LogP contribution is 2.32. The fraction of sp³-hybridized carbons (Fsp3) is 0.278. The topological polar surface area (TPSA) is 62.8 Å². The fourth-order valence-electron chi connectivity index (χ4n) is 2.39. The minimum atomic E-state index is -0.204. The number of rotatable bonds is 5. The largest absolute Gasteiger partial charge is 0.454 e. The van der Waals surface area contributed by atoms with Crippen molar-refractivity contribution in [1.82, 2.24) is 10.6 Å². The first kappa shape index (κ1) is 16.0. The van der Waals surface area contributed by atoms with Crippen LogP contribution in [0.1, 0.15) is 11.1 Å². The number of ether oxygens (including phenoxy) is 2. The number of urea groups is 1. The zero-order chi connectivity index (χ0) is 16.9. The molecule has 2 N–H and O–H groups in total. The molecule has 0 fully saturated rings. The Morgan fingerprint density at radius 1 is 0.958 bits per heavy atom. The van der Waals surface area contributed by atoms with Crippen molar-refractivity contribution in [3.8, 4) is 11.5 Å². The smallest absolute Gasteiger partial charge is 0.315 e. The summed E-state index contributed by atoms with van der Waals surface area (Å²) in [6, 6.07) is 13.5. The third-order valence-corrected chi connectivity index (χ3v) is 3.80. The normalized spacial score (nSPS) is 11.9. The fourth-order valence-corrected chi connectivity index (χ4v) is 2.39. The number of nitrogens with zero attached hydrogens (tertiary/aromatic N) is 1. The third-order valence-electron chi connectivity index (χ3n) is 3.80. The quantitative estimate of drug-likeness (QED) is 0.886. The summed E-state index contributed by atoms with van der Waals surface area (Å²) in [4.78, 5) is 13.9. The monoisotopic (exact) mass is 327 g/mol. The molecule has 0 spiro atoms. The molecule has 2 aromatic rings. The number of benzene rings is 2. The molecule has 0 radical (unpaired) electrons. The van der Waals surface area contributed by atoms with Crippen LogP contribution in [0.5, 0.6) is 11.5 Å². The number of nitrogens with one attached hydrogen (secondary N) is 2. The van der Waals surface area contributed by atoms with Crippen LogP contribution in [0.3, 0.4) is 0 Å². The first-order chi connectivity index (χ1) is 11.6. The van der Waals surface area contributed by atoms with Crippen LogP contribution in [0.4, 0.5) is 10.5 Å². The standard InChI is InChI=1S/C18H21N3O3/c1-21(2)15-6-3-13(4-7-15)10-19-18(22)20-11-14-5-8-16-17(9-14)24-12-23-16/h3-9H,10-12H2,1-2H3,(H2,19,20,22). The minimum absolute atomic E-state index is 0.204. The summed E-state index contributed by atoms with van der Waals surface area (Å²) < 4.78 is 10.6. The summed E-state index contributed by atoms with van der Waals surface area (Å²) in [6.45, 7) is 1.17. The molecule has 0 atom stereocenters. The van der Waals surface area contributed by atoms with Crippen molar-refractivity contribution in [2.75, 3.05) is 25.8 Å². The van der Waals surface area contributed by atoms with Gasteiger partial charge in [-0.25, -0.2) is 4.79 Å². The van der Waals surface area contributed by atoms with Crippen LogP contribution < -0.4 is 25.0 Å². The molecule has 1 aliphatic rings. The molecule has 0 saturated carbocycles. The van der Waals surface area contributed by atoms with E-state index in [0.29, 0.717) is 13.1 Å². The molecular weight excluding hydrogens is 306 g/mol. The number of anilines is 1. The van der Waals surface area contributed by atoms with E-state index in [2.05, 4.69) is 10.6 Å². The summed E-state index contributed by atoms with van der Waals surface area (Å²) in [5.74, 6) is 1.46. The molecule has 0 aromatic heterocycles. The Hall–Kier alpha value is -2.89. The Morgan fingerprint density at radius 2 is 1.58 bits per heavy atom. The van der Waals surface area contributed by atoms with Crippen molar-refractivity contribution < 1.29 is 14.3 Å². The molecule has 1 aliphatic heterocycles. The van der Waals surface area contributed by atoms with Crippen LogP contribution in [0, 0.1) is 0 Å². The highest BCUT2D eigenvalue weighted by atomic mass is 16.7. The van der Waals surface area contributed by atoms with Crippen molar-refractivity contribution in [3.05, 3.63) is 53.6 Å². The van der Waals surface area contributed by atoms with Gasteiger partial charge in [-0.15, -0.1) is 0 Å². The van der Waals surface area contributed by atoms with Gasteiger partial charge in [-0.3, -0.25) is 0 Å². The first-order valence-corrected chi connectivity index (χ1v) is 7.78. The van der Waals surface area contributed by atoms with Gasteiger partial charge in [0.15, 0.2) is 11.5 Å². The first-order valence-electron chi connectivity index (χ1n) is 7.78. The van der Waals surface area contributed by atoms with Crippen LogP contribution in [0.2, 0.25) is 0 Å². The maximum absolute atomic E-state index is 11.9. The van der Waals surface area contributed by atoms with Crippen LogP contribution >= 0.6 is 0 Å². The molecular formula is C18H21N3O3. The lowest BCUT2D eigenvalue weighted by Gasteiger charge is -2.13. The Kier molecular flexibility index (Phi) is 4.74. The van der Waals surface area contributed by atoms with Gasteiger partial charge >= 0.3 is 6.03 Å². The van der Waals surface area contributed by atoms with Crippen molar-refractivity contribution in [3.63, 3.8) is 0 Å². The Morgan fingerprint density at radius 3 is 2.29 bits per heavy atom. The molecule has 0 unspecified atom stereocenters. The number of amides is 2. The van der Waals surface area contributed by atoms with Gasteiger partial charge in [-0.05, 0) is 35.4 Å². The van der Waals surface area contributed by atoms with E-state index >= 15 is 0 Å². The van der Waals surface area contributed by atoms with E-state index in [1.807, 2.05) is 61.5 Å². The summed E-state index contributed by atoms with van der Waals surface area (Å²) >= 11 is 0. The second-order valence-corrected chi connectivity index (χ2v) is 5.78. The van der Waals surface area contributed by atoms with Gasteiger partial charge in [-0.2, -0.15) is 0 Å². The van der Waals surface area contributed by atoms with E-state index in [4.69, 9.17) is 9.47 Å². The van der Waals surface area contributed by atoms with Crippen molar-refractivity contribution in [1.29, 1.82) is 0 Å². The SMILES string of the molecule is CN(C)c1ccc(CNC(=O)NCc2ccc3c(c2)OCO3)cc1. The maximum atomic E-state index is 11.9. The maximum Gasteiger partial charge on any atom is 0.315 e. The zero-order valence-corrected chi connectivity index (χ0v) is 13.8. The number of carbonyl (C=O) groups is 1. The van der Waals surface area contributed by atoms with E-state index in [1.54, 1.807) is 0 Å². The summed E-state index contributed by atoms with van der Waals surface area (Å²) in [5, 5.41) is 5.69. The van der Waals surface area contributed by atoms with Gasteiger partial charge in [0.25, 0.3) is 0 Å². The summed E-state index contributed by atoms with van der Waals surface area (Å²) in [5.41, 5.74) is 3.15. The van der Waals surface area contributed by atoms with Crippen molar-refractivity contribution in [2.45, 2.75) is 13.1 Å². The molecule has 1 heterocycles. The van der Waals surface area contributed by atoms with Gasteiger partial charge in [0.05, 0.1) is 0 Å². The molecule has 0 saturated heterocycles. The number of hydrogen-bond donors (Lipinski definition) is 2. The van der Waals surface area contributed by atoms with Crippen LogP contribution in [0.25, 0.3) is 0 Å². The van der Waals surface area contributed by atoms with Gasteiger partial charge in [-0.1, -0.05) is 18.2 Å². The number of hydrogen-bond acceptors (Lipinski definition) is 4. The Labute approximate surface area is 141 Å². The van der Waals surface area contributed by atoms with Crippen molar-refractivity contribution in [2.24, 2.45) is 0 Å². The summed E-state index contributed by atoms with van der Waals surface area (Å²) in [6.07, 6.45) is 0. The molecule has 2 amide bonds. The van der Waals surface area contributed by atoms with Gasteiger partial charge in [0.1, 0.15) is 0 Å². The molecule has 2 aromatic carbocycles. The van der Waals surface area contributed by atoms with E-state index in [9.17, 15) is 4.79 Å². The second kappa shape index (κ2) is 7.12.